The summed E-state index contributed by atoms with van der Waals surface area (Å²) >= 11 is 0. The number of benzene rings is 2. The van der Waals surface area contributed by atoms with Gasteiger partial charge in [0.25, 0.3) is 5.91 Å². The van der Waals surface area contributed by atoms with Crippen LogP contribution >= 0.6 is 0 Å². The van der Waals surface area contributed by atoms with Gasteiger partial charge in [0.2, 0.25) is 0 Å². The molecule has 0 bridgehead atoms. The number of rotatable bonds is 8. The lowest BCUT2D eigenvalue weighted by Crippen LogP contribution is -2.38. The molecule has 1 saturated heterocycles. The summed E-state index contributed by atoms with van der Waals surface area (Å²) in [6.07, 6.45) is 0.896. The number of amides is 1. The van der Waals surface area contributed by atoms with Crippen molar-refractivity contribution in [3.63, 3.8) is 0 Å². The number of aromatic nitrogens is 2. The lowest BCUT2D eigenvalue weighted by molar-refractivity contribution is 0.0374. The van der Waals surface area contributed by atoms with Gasteiger partial charge >= 0.3 is 0 Å². The first-order valence-electron chi connectivity index (χ1n) is 11.0. The maximum atomic E-state index is 13.1. The van der Waals surface area contributed by atoms with Gasteiger partial charge in [-0.05, 0) is 55.8 Å². The van der Waals surface area contributed by atoms with Gasteiger partial charge in [-0.2, -0.15) is 5.10 Å². The van der Waals surface area contributed by atoms with Gasteiger partial charge in [-0.1, -0.05) is 24.3 Å². The molecule has 2 aromatic carbocycles. The molecule has 1 aliphatic heterocycles. The molecule has 1 N–H and O–H groups in total. The lowest BCUT2D eigenvalue weighted by Gasteiger charge is -2.26. The summed E-state index contributed by atoms with van der Waals surface area (Å²) < 4.78 is 12.5. The Bertz CT molecular complexity index is 1060. The number of nitrogens with zero attached hydrogens (tertiary/aromatic N) is 3. The summed E-state index contributed by atoms with van der Waals surface area (Å²) in [4.78, 5) is 15.5. The zero-order valence-corrected chi connectivity index (χ0v) is 18.7. The fourth-order valence-corrected chi connectivity index (χ4v) is 3.84. The van der Waals surface area contributed by atoms with Crippen LogP contribution in [0.1, 0.15) is 22.5 Å². The Hall–Kier alpha value is -3.16. The number of nitrogens with one attached hydrogen (secondary N) is 1. The third-order valence-corrected chi connectivity index (χ3v) is 5.59. The van der Waals surface area contributed by atoms with E-state index < -0.39 is 0 Å². The quantitative estimate of drug-likeness (QED) is 0.551. The van der Waals surface area contributed by atoms with Crippen molar-refractivity contribution in [3.05, 3.63) is 65.9 Å². The van der Waals surface area contributed by atoms with Crippen molar-refractivity contribution in [3.8, 4) is 22.7 Å². The standard InChI is InChI=1S/C25H30N4O3/c1-19-6-3-8-21(16-19)29-24(18-23(27-29)20-7-4-9-22(17-20)31-2)25(30)26-10-5-11-28-12-14-32-15-13-28/h3-4,6-9,16-18H,5,10-15H2,1-2H3,(H,26,30). The van der Waals surface area contributed by atoms with Crippen LogP contribution in [0.5, 0.6) is 5.75 Å². The monoisotopic (exact) mass is 434 g/mol. The molecule has 3 aromatic rings. The number of aryl methyl sites for hydroxylation is 1. The van der Waals surface area contributed by atoms with E-state index in [1.54, 1.807) is 11.8 Å². The summed E-state index contributed by atoms with van der Waals surface area (Å²) in [7, 11) is 1.64. The molecule has 1 aromatic heterocycles. The van der Waals surface area contributed by atoms with E-state index in [-0.39, 0.29) is 5.91 Å². The Labute approximate surface area is 188 Å². The number of morpholine rings is 1. The predicted octanol–water partition coefficient (Wildman–Crippen LogP) is 3.31. The SMILES string of the molecule is COc1cccc(-c2cc(C(=O)NCCCN3CCOCC3)n(-c3cccc(C)c3)n2)c1. The third-order valence-electron chi connectivity index (χ3n) is 5.59. The van der Waals surface area contributed by atoms with E-state index in [2.05, 4.69) is 10.2 Å². The van der Waals surface area contributed by atoms with Crippen molar-refractivity contribution >= 4 is 5.91 Å². The van der Waals surface area contributed by atoms with E-state index in [1.165, 1.54) is 0 Å². The van der Waals surface area contributed by atoms with Gasteiger partial charge in [0, 0.05) is 25.2 Å². The smallest absolute Gasteiger partial charge is 0.270 e. The second kappa shape index (κ2) is 10.4. The van der Waals surface area contributed by atoms with E-state index in [4.69, 9.17) is 14.6 Å². The van der Waals surface area contributed by atoms with E-state index in [0.717, 1.165) is 67.5 Å². The molecule has 2 heterocycles. The maximum Gasteiger partial charge on any atom is 0.270 e. The number of hydrogen-bond acceptors (Lipinski definition) is 5. The molecule has 1 fully saturated rings. The van der Waals surface area contributed by atoms with E-state index in [1.807, 2.05) is 61.5 Å². The molecule has 7 heteroatoms. The molecule has 0 radical (unpaired) electrons. The summed E-state index contributed by atoms with van der Waals surface area (Å²) in [5, 5.41) is 7.84. The Morgan fingerprint density at radius 2 is 1.94 bits per heavy atom. The van der Waals surface area contributed by atoms with Crippen LogP contribution in [0.25, 0.3) is 16.9 Å². The molecule has 0 aliphatic carbocycles. The minimum atomic E-state index is -0.130. The van der Waals surface area contributed by atoms with E-state index >= 15 is 0 Å². The molecule has 4 rings (SSSR count). The van der Waals surface area contributed by atoms with Crippen LogP contribution in [0, 0.1) is 6.92 Å². The van der Waals surface area contributed by atoms with Crippen LogP contribution in [0.2, 0.25) is 0 Å². The summed E-state index contributed by atoms with van der Waals surface area (Å²) in [6, 6.07) is 17.5. The van der Waals surface area contributed by atoms with E-state index in [9.17, 15) is 4.79 Å². The van der Waals surface area contributed by atoms with Crippen molar-refractivity contribution in [1.29, 1.82) is 0 Å². The first-order chi connectivity index (χ1) is 15.6. The van der Waals surface area contributed by atoms with Crippen molar-refractivity contribution < 1.29 is 14.3 Å². The van der Waals surface area contributed by atoms with Crippen LogP contribution < -0.4 is 10.1 Å². The third kappa shape index (κ3) is 5.36. The first kappa shape index (κ1) is 22.0. The molecule has 168 valence electrons. The highest BCUT2D eigenvalue weighted by molar-refractivity contribution is 5.94. The Morgan fingerprint density at radius 1 is 1.12 bits per heavy atom. The molecular formula is C25H30N4O3. The Kier molecular flexibility index (Phi) is 7.19. The molecule has 1 amide bonds. The molecule has 1 aliphatic rings. The summed E-state index contributed by atoms with van der Waals surface area (Å²) in [5.74, 6) is 0.622. The van der Waals surface area contributed by atoms with Crippen molar-refractivity contribution in [1.82, 2.24) is 20.0 Å². The zero-order valence-electron chi connectivity index (χ0n) is 18.7. The number of ether oxygens (including phenoxy) is 2. The molecule has 7 nitrogen and oxygen atoms in total. The van der Waals surface area contributed by atoms with Gasteiger partial charge in [0.05, 0.1) is 31.7 Å². The van der Waals surface area contributed by atoms with Gasteiger partial charge in [0.1, 0.15) is 11.4 Å². The Balaban J connectivity index is 1.53. The molecular weight excluding hydrogens is 404 g/mol. The van der Waals surface area contributed by atoms with Gasteiger partial charge < -0.3 is 14.8 Å². The van der Waals surface area contributed by atoms with Crippen LogP contribution in [-0.4, -0.2) is 67.1 Å². The summed E-state index contributed by atoms with van der Waals surface area (Å²) in [5.41, 5.74) is 4.11. The maximum absolute atomic E-state index is 13.1. The number of methoxy groups -OCH3 is 1. The average Bonchev–Trinajstić information content (AvgIpc) is 3.28. The molecule has 32 heavy (non-hydrogen) atoms. The lowest BCUT2D eigenvalue weighted by atomic mass is 10.1. The highest BCUT2D eigenvalue weighted by Gasteiger charge is 2.18. The fourth-order valence-electron chi connectivity index (χ4n) is 3.84. The highest BCUT2D eigenvalue weighted by Crippen LogP contribution is 2.25. The normalized spacial score (nSPS) is 14.3. The topological polar surface area (TPSA) is 68.6 Å². The van der Waals surface area contributed by atoms with Crippen molar-refractivity contribution in [2.24, 2.45) is 0 Å². The molecule has 0 saturated carbocycles. The number of carbonyl (C=O) groups excluding carboxylic acids is 1. The van der Waals surface area contributed by atoms with E-state index in [0.29, 0.717) is 12.2 Å². The van der Waals surface area contributed by atoms with Crippen LogP contribution in [-0.2, 0) is 4.74 Å². The van der Waals surface area contributed by atoms with Crippen LogP contribution in [0.15, 0.2) is 54.6 Å². The molecule has 0 atom stereocenters. The highest BCUT2D eigenvalue weighted by atomic mass is 16.5. The predicted molar refractivity (Wildman–Crippen MR) is 124 cm³/mol. The molecule has 0 spiro atoms. The van der Waals surface area contributed by atoms with Gasteiger partial charge in [-0.3, -0.25) is 9.69 Å². The van der Waals surface area contributed by atoms with Gasteiger partial charge in [-0.25, -0.2) is 4.68 Å². The summed E-state index contributed by atoms with van der Waals surface area (Å²) in [6.45, 7) is 7.08. The van der Waals surface area contributed by atoms with Crippen LogP contribution in [0.3, 0.4) is 0 Å². The minimum absolute atomic E-state index is 0.130. The minimum Gasteiger partial charge on any atom is -0.497 e. The second-order valence-corrected chi connectivity index (χ2v) is 7.96. The largest absolute Gasteiger partial charge is 0.497 e. The Morgan fingerprint density at radius 3 is 2.72 bits per heavy atom. The molecule has 0 unspecified atom stereocenters. The average molecular weight is 435 g/mol. The second-order valence-electron chi connectivity index (χ2n) is 7.96. The first-order valence-corrected chi connectivity index (χ1v) is 11.0. The van der Waals surface area contributed by atoms with Crippen molar-refractivity contribution in [2.75, 3.05) is 46.5 Å². The fraction of sp³-hybridized carbons (Fsp3) is 0.360. The number of carbonyl (C=O) groups is 1. The van der Waals surface area contributed by atoms with Gasteiger partial charge in [0.15, 0.2) is 0 Å². The van der Waals surface area contributed by atoms with Gasteiger partial charge in [-0.15, -0.1) is 0 Å². The number of hydrogen-bond donors (Lipinski definition) is 1. The zero-order chi connectivity index (χ0) is 22.3. The van der Waals surface area contributed by atoms with Crippen LogP contribution in [0.4, 0.5) is 0 Å². The van der Waals surface area contributed by atoms with Crippen molar-refractivity contribution in [2.45, 2.75) is 13.3 Å².